The van der Waals surface area contributed by atoms with Crippen molar-refractivity contribution in [2.75, 3.05) is 26.3 Å². The Balaban J connectivity index is 1.86. The second kappa shape index (κ2) is 15.6. The summed E-state index contributed by atoms with van der Waals surface area (Å²) in [5.41, 5.74) is 2.82. The van der Waals surface area contributed by atoms with E-state index in [9.17, 15) is 9.59 Å². The fraction of sp³-hybridized carbons (Fsp3) is 0.471. The summed E-state index contributed by atoms with van der Waals surface area (Å²) in [4.78, 5) is 26.9. The van der Waals surface area contributed by atoms with Crippen molar-refractivity contribution in [3.63, 3.8) is 0 Å². The molecule has 8 nitrogen and oxygen atoms in total. The molecule has 3 N–H and O–H groups in total. The summed E-state index contributed by atoms with van der Waals surface area (Å²) in [5, 5.41) is 17.1. The van der Waals surface area contributed by atoms with Crippen LogP contribution in [-0.2, 0) is 16.0 Å². The molecule has 0 saturated heterocycles. The van der Waals surface area contributed by atoms with Crippen LogP contribution in [0.5, 0.6) is 0 Å². The molecule has 42 heavy (non-hydrogen) atoms. The van der Waals surface area contributed by atoms with E-state index >= 15 is 0 Å². The van der Waals surface area contributed by atoms with E-state index in [4.69, 9.17) is 14.6 Å². The predicted octanol–water partition coefficient (Wildman–Crippen LogP) is 7.50. The van der Waals surface area contributed by atoms with Crippen LogP contribution in [0.1, 0.15) is 77.0 Å². The number of carbonyl (C=O) groups is 2. The molecule has 2 atom stereocenters. The number of fused-ring (bicyclic) bond motifs is 1. The van der Waals surface area contributed by atoms with Gasteiger partial charge in [-0.05, 0) is 60.4 Å². The van der Waals surface area contributed by atoms with Gasteiger partial charge in [0, 0.05) is 38.4 Å². The molecule has 0 fully saturated rings. The third-order valence-corrected chi connectivity index (χ3v) is 7.61. The number of hydrogen-bond acceptors (Lipinski definition) is 4. The number of carboxylic acid groups (broad SMARTS) is 1. The maximum Gasteiger partial charge on any atom is 0.404 e. The van der Waals surface area contributed by atoms with Gasteiger partial charge in [0.15, 0.2) is 6.29 Å². The number of benzene rings is 3. The predicted molar refractivity (Wildman–Crippen MR) is 167 cm³/mol. The van der Waals surface area contributed by atoms with Crippen molar-refractivity contribution in [2.45, 2.75) is 66.8 Å². The van der Waals surface area contributed by atoms with E-state index in [0.29, 0.717) is 39.3 Å². The highest BCUT2D eigenvalue weighted by Crippen LogP contribution is 2.31. The molecule has 3 aromatic carbocycles. The Labute approximate surface area is 250 Å². The lowest BCUT2D eigenvalue weighted by molar-refractivity contribution is -0.140. The van der Waals surface area contributed by atoms with Crippen LogP contribution in [0.25, 0.3) is 10.8 Å². The van der Waals surface area contributed by atoms with Gasteiger partial charge in [0.05, 0.1) is 6.04 Å². The van der Waals surface area contributed by atoms with E-state index in [-0.39, 0.29) is 23.4 Å². The molecule has 3 rings (SSSR count). The second-order valence-electron chi connectivity index (χ2n) is 11.7. The van der Waals surface area contributed by atoms with Gasteiger partial charge in [0.1, 0.15) is 0 Å². The van der Waals surface area contributed by atoms with Gasteiger partial charge in [-0.3, -0.25) is 0 Å². The monoisotopic (exact) mass is 577 g/mol. The van der Waals surface area contributed by atoms with Gasteiger partial charge in [-0.15, -0.1) is 0 Å². The Kier molecular flexibility index (Phi) is 12.2. The minimum atomic E-state index is -1.04. The van der Waals surface area contributed by atoms with Crippen LogP contribution in [0.4, 0.5) is 9.59 Å². The number of urea groups is 1. The first-order chi connectivity index (χ1) is 20.0. The summed E-state index contributed by atoms with van der Waals surface area (Å²) in [6, 6.07) is 21.9. The third-order valence-electron chi connectivity index (χ3n) is 7.61. The summed E-state index contributed by atoms with van der Waals surface area (Å²) in [7, 11) is 0. The van der Waals surface area contributed by atoms with Crippen molar-refractivity contribution in [3.8, 4) is 0 Å². The fourth-order valence-corrected chi connectivity index (χ4v) is 5.16. The van der Waals surface area contributed by atoms with Crippen LogP contribution in [0.3, 0.4) is 0 Å². The number of nitrogens with zero attached hydrogens (tertiary/aromatic N) is 1. The lowest BCUT2D eigenvalue weighted by atomic mass is 9.78. The standard InChI is InChI=1S/C34H47N3O5/c1-7-41-31(42-8-2)27-18-16-25(17-19-27)22-37(23-28(34(4,5)6)20-21-35-33(39)40)32(38)36-24(3)29-15-11-13-26-12-9-10-14-30(26)29/h9-19,24,28,31,35H,7-8,20-23H2,1-6H3,(H,36,38)(H,39,40)/t24?,28-/m1/s1. The largest absolute Gasteiger partial charge is 0.465 e. The minimum absolute atomic E-state index is 0.0579. The molecule has 228 valence electrons. The van der Waals surface area contributed by atoms with Crippen molar-refractivity contribution in [2.24, 2.45) is 11.3 Å². The normalized spacial score (nSPS) is 13.1. The molecule has 0 heterocycles. The first kappa shape index (κ1) is 32.9. The molecule has 3 aromatic rings. The van der Waals surface area contributed by atoms with Gasteiger partial charge in [-0.25, -0.2) is 9.59 Å². The molecule has 0 aromatic heterocycles. The maximum atomic E-state index is 13.9. The first-order valence-electron chi connectivity index (χ1n) is 14.8. The molecule has 0 aliphatic rings. The molecule has 0 aliphatic heterocycles. The quantitative estimate of drug-likeness (QED) is 0.172. The Hall–Kier alpha value is -3.62. The molecule has 1 unspecified atom stereocenters. The Bertz CT molecular complexity index is 1280. The van der Waals surface area contributed by atoms with E-state index in [0.717, 1.165) is 27.5 Å². The number of rotatable bonds is 14. The lowest BCUT2D eigenvalue weighted by Gasteiger charge is -2.36. The van der Waals surface area contributed by atoms with Crippen LogP contribution in [-0.4, -0.2) is 48.4 Å². The van der Waals surface area contributed by atoms with Gasteiger partial charge >= 0.3 is 12.1 Å². The topological polar surface area (TPSA) is 100 Å². The van der Waals surface area contributed by atoms with Crippen LogP contribution in [0.15, 0.2) is 66.7 Å². The molecular formula is C34H47N3O5. The van der Waals surface area contributed by atoms with Crippen LogP contribution in [0.2, 0.25) is 0 Å². The first-order valence-corrected chi connectivity index (χ1v) is 14.8. The minimum Gasteiger partial charge on any atom is -0.465 e. The molecular weight excluding hydrogens is 530 g/mol. The van der Waals surface area contributed by atoms with Crippen LogP contribution >= 0.6 is 0 Å². The summed E-state index contributed by atoms with van der Waals surface area (Å²) >= 11 is 0. The van der Waals surface area contributed by atoms with Gasteiger partial charge in [-0.1, -0.05) is 87.5 Å². The van der Waals surface area contributed by atoms with Gasteiger partial charge in [0.2, 0.25) is 0 Å². The van der Waals surface area contributed by atoms with Crippen molar-refractivity contribution < 1.29 is 24.2 Å². The highest BCUT2D eigenvalue weighted by atomic mass is 16.7. The summed E-state index contributed by atoms with van der Waals surface area (Å²) in [5.74, 6) is 0.0579. The van der Waals surface area contributed by atoms with Crippen LogP contribution in [0, 0.1) is 11.3 Å². The van der Waals surface area contributed by atoms with Gasteiger partial charge in [-0.2, -0.15) is 0 Å². The number of nitrogens with one attached hydrogen (secondary N) is 2. The van der Waals surface area contributed by atoms with Crippen molar-refractivity contribution in [1.29, 1.82) is 0 Å². The SMILES string of the molecule is CCOC(OCC)c1ccc(CN(C[C@@H](CCNC(=O)O)C(C)(C)C)C(=O)NC(C)c2cccc3ccccc23)cc1. The number of amides is 3. The lowest BCUT2D eigenvalue weighted by Crippen LogP contribution is -2.45. The molecule has 0 radical (unpaired) electrons. The van der Waals surface area contributed by atoms with E-state index in [1.165, 1.54) is 0 Å². The number of hydrogen-bond donors (Lipinski definition) is 3. The number of carbonyl (C=O) groups excluding carboxylic acids is 1. The molecule has 0 aliphatic carbocycles. The highest BCUT2D eigenvalue weighted by Gasteiger charge is 2.29. The summed E-state index contributed by atoms with van der Waals surface area (Å²) < 4.78 is 11.5. The molecule has 0 spiro atoms. The zero-order valence-electron chi connectivity index (χ0n) is 25.9. The van der Waals surface area contributed by atoms with Crippen molar-refractivity contribution >= 4 is 22.9 Å². The van der Waals surface area contributed by atoms with Gasteiger partial charge in [0.25, 0.3) is 0 Å². The van der Waals surface area contributed by atoms with E-state index in [1.807, 2.05) is 68.1 Å². The number of ether oxygens (including phenoxy) is 2. The van der Waals surface area contributed by atoms with E-state index < -0.39 is 12.4 Å². The zero-order valence-corrected chi connectivity index (χ0v) is 25.9. The summed E-state index contributed by atoms with van der Waals surface area (Å²) in [6.45, 7) is 14.6. The molecule has 0 bridgehead atoms. The Morgan fingerprint density at radius 2 is 1.57 bits per heavy atom. The van der Waals surface area contributed by atoms with Crippen molar-refractivity contribution in [3.05, 3.63) is 83.4 Å². The van der Waals surface area contributed by atoms with E-state index in [2.05, 4.69) is 55.7 Å². The third kappa shape index (κ3) is 9.46. The molecule has 3 amide bonds. The average Bonchev–Trinajstić information content (AvgIpc) is 2.95. The van der Waals surface area contributed by atoms with Crippen molar-refractivity contribution in [1.82, 2.24) is 15.5 Å². The molecule has 0 saturated carbocycles. The highest BCUT2D eigenvalue weighted by molar-refractivity contribution is 5.86. The summed E-state index contributed by atoms with van der Waals surface area (Å²) in [6.07, 6.45) is -0.859. The maximum absolute atomic E-state index is 13.9. The Morgan fingerprint density at radius 3 is 2.19 bits per heavy atom. The second-order valence-corrected chi connectivity index (χ2v) is 11.7. The fourth-order valence-electron chi connectivity index (χ4n) is 5.16. The average molecular weight is 578 g/mol. The zero-order chi connectivity index (χ0) is 30.7. The molecule has 8 heteroatoms. The smallest absolute Gasteiger partial charge is 0.404 e. The Morgan fingerprint density at radius 1 is 0.929 bits per heavy atom. The van der Waals surface area contributed by atoms with Crippen LogP contribution < -0.4 is 10.6 Å². The van der Waals surface area contributed by atoms with Gasteiger partial charge < -0.3 is 30.1 Å². The van der Waals surface area contributed by atoms with E-state index in [1.54, 1.807) is 0 Å².